The standard InChI is InChI=1S/C17H26N4O4/c22-20(23)15-8-9-16(17(14-15)21(24)25)18-10-4-2-1-3-5-11-19-12-6-7-13-19/h8-9,14,18H,1-7,10-13H2. The lowest BCUT2D eigenvalue weighted by molar-refractivity contribution is -0.393. The van der Waals surface area contributed by atoms with Crippen molar-refractivity contribution >= 4 is 17.1 Å². The third-order valence-corrected chi connectivity index (χ3v) is 4.55. The summed E-state index contributed by atoms with van der Waals surface area (Å²) in [6, 6.07) is 3.70. The Morgan fingerprint density at radius 2 is 1.64 bits per heavy atom. The molecule has 0 radical (unpaired) electrons. The van der Waals surface area contributed by atoms with Gasteiger partial charge in [0.1, 0.15) is 5.69 Å². The average Bonchev–Trinajstić information content (AvgIpc) is 3.10. The molecular formula is C17H26N4O4. The van der Waals surface area contributed by atoms with Gasteiger partial charge in [0, 0.05) is 12.6 Å². The van der Waals surface area contributed by atoms with E-state index in [0.29, 0.717) is 12.2 Å². The molecule has 1 saturated heterocycles. The molecule has 0 atom stereocenters. The first-order valence-corrected chi connectivity index (χ1v) is 8.97. The summed E-state index contributed by atoms with van der Waals surface area (Å²) < 4.78 is 0. The summed E-state index contributed by atoms with van der Waals surface area (Å²) >= 11 is 0. The van der Waals surface area contributed by atoms with Crippen molar-refractivity contribution in [2.45, 2.75) is 44.9 Å². The lowest BCUT2D eigenvalue weighted by Crippen LogP contribution is -2.20. The quantitative estimate of drug-likeness (QED) is 0.368. The molecule has 138 valence electrons. The van der Waals surface area contributed by atoms with E-state index in [-0.39, 0.29) is 11.4 Å². The molecule has 1 N–H and O–H groups in total. The predicted octanol–water partition coefficient (Wildman–Crippen LogP) is 3.96. The van der Waals surface area contributed by atoms with Gasteiger partial charge in [-0.15, -0.1) is 0 Å². The van der Waals surface area contributed by atoms with Crippen LogP contribution < -0.4 is 5.32 Å². The Kier molecular flexibility index (Phi) is 7.59. The van der Waals surface area contributed by atoms with Gasteiger partial charge >= 0.3 is 0 Å². The van der Waals surface area contributed by atoms with Gasteiger partial charge in [-0.1, -0.05) is 19.3 Å². The van der Waals surface area contributed by atoms with Gasteiger partial charge in [0.05, 0.1) is 15.9 Å². The molecule has 1 aliphatic heterocycles. The van der Waals surface area contributed by atoms with Gasteiger partial charge in [-0.05, 0) is 51.4 Å². The summed E-state index contributed by atoms with van der Waals surface area (Å²) in [6.45, 7) is 4.33. The molecule has 0 unspecified atom stereocenters. The molecule has 0 bridgehead atoms. The summed E-state index contributed by atoms with van der Waals surface area (Å²) in [5.74, 6) is 0. The van der Waals surface area contributed by atoms with Crippen LogP contribution in [0.1, 0.15) is 44.9 Å². The Morgan fingerprint density at radius 3 is 2.32 bits per heavy atom. The minimum Gasteiger partial charge on any atom is -0.379 e. The fraction of sp³-hybridized carbons (Fsp3) is 0.647. The third kappa shape index (κ3) is 6.30. The fourth-order valence-corrected chi connectivity index (χ4v) is 3.15. The summed E-state index contributed by atoms with van der Waals surface area (Å²) in [4.78, 5) is 23.1. The average molecular weight is 350 g/mol. The van der Waals surface area contributed by atoms with E-state index in [9.17, 15) is 20.2 Å². The smallest absolute Gasteiger partial charge is 0.299 e. The molecule has 1 aliphatic rings. The van der Waals surface area contributed by atoms with Crippen LogP contribution in [0.3, 0.4) is 0 Å². The number of nitro benzene ring substituents is 2. The summed E-state index contributed by atoms with van der Waals surface area (Å²) in [6.07, 6.45) is 8.29. The number of unbranched alkanes of at least 4 members (excludes halogenated alkanes) is 4. The van der Waals surface area contributed by atoms with Crippen LogP contribution >= 0.6 is 0 Å². The molecule has 1 aromatic rings. The van der Waals surface area contributed by atoms with Crippen LogP contribution in [-0.4, -0.2) is 40.9 Å². The molecule has 0 aromatic heterocycles. The van der Waals surface area contributed by atoms with Crippen molar-refractivity contribution in [3.05, 3.63) is 38.4 Å². The van der Waals surface area contributed by atoms with E-state index in [1.807, 2.05) is 0 Å². The molecule has 2 rings (SSSR count). The maximum absolute atomic E-state index is 11.1. The number of nitro groups is 2. The van der Waals surface area contributed by atoms with Crippen molar-refractivity contribution in [2.75, 3.05) is 31.5 Å². The van der Waals surface area contributed by atoms with Gasteiger partial charge in [0.2, 0.25) is 0 Å². The maximum Gasteiger partial charge on any atom is 0.299 e. The van der Waals surface area contributed by atoms with E-state index in [2.05, 4.69) is 10.2 Å². The molecule has 1 aromatic carbocycles. The van der Waals surface area contributed by atoms with Crippen molar-refractivity contribution < 1.29 is 9.85 Å². The van der Waals surface area contributed by atoms with Crippen LogP contribution in [0.15, 0.2) is 18.2 Å². The first-order chi connectivity index (χ1) is 12.1. The highest BCUT2D eigenvalue weighted by Gasteiger charge is 2.18. The number of hydrogen-bond acceptors (Lipinski definition) is 6. The monoisotopic (exact) mass is 350 g/mol. The summed E-state index contributed by atoms with van der Waals surface area (Å²) in [5.41, 5.74) is -0.181. The normalized spacial score (nSPS) is 14.6. The van der Waals surface area contributed by atoms with Crippen molar-refractivity contribution in [3.63, 3.8) is 0 Å². The van der Waals surface area contributed by atoms with E-state index in [0.717, 1.165) is 25.3 Å². The summed E-state index contributed by atoms with van der Waals surface area (Å²) in [7, 11) is 0. The molecule has 0 saturated carbocycles. The van der Waals surface area contributed by atoms with E-state index >= 15 is 0 Å². The largest absolute Gasteiger partial charge is 0.379 e. The number of hydrogen-bond donors (Lipinski definition) is 1. The van der Waals surface area contributed by atoms with Gasteiger partial charge in [-0.25, -0.2) is 0 Å². The lowest BCUT2D eigenvalue weighted by atomic mass is 10.1. The minimum absolute atomic E-state index is 0.250. The highest BCUT2D eigenvalue weighted by atomic mass is 16.6. The van der Waals surface area contributed by atoms with Crippen LogP contribution in [0.5, 0.6) is 0 Å². The lowest BCUT2D eigenvalue weighted by Gasteiger charge is -2.13. The number of nitrogens with zero attached hydrogens (tertiary/aromatic N) is 3. The van der Waals surface area contributed by atoms with E-state index < -0.39 is 9.85 Å². The molecule has 25 heavy (non-hydrogen) atoms. The molecule has 1 fully saturated rings. The molecular weight excluding hydrogens is 324 g/mol. The van der Waals surface area contributed by atoms with Gasteiger partial charge in [0.15, 0.2) is 0 Å². The number of nitrogens with one attached hydrogen (secondary N) is 1. The third-order valence-electron chi connectivity index (χ3n) is 4.55. The van der Waals surface area contributed by atoms with Gasteiger partial charge in [0.25, 0.3) is 11.4 Å². The van der Waals surface area contributed by atoms with Gasteiger partial charge < -0.3 is 10.2 Å². The first-order valence-electron chi connectivity index (χ1n) is 8.97. The Morgan fingerprint density at radius 1 is 0.960 bits per heavy atom. The van der Waals surface area contributed by atoms with Crippen LogP contribution in [0.2, 0.25) is 0 Å². The van der Waals surface area contributed by atoms with Crippen LogP contribution in [0.4, 0.5) is 17.1 Å². The molecule has 8 nitrogen and oxygen atoms in total. The zero-order chi connectivity index (χ0) is 18.1. The Bertz CT molecular complexity index is 588. The van der Waals surface area contributed by atoms with E-state index in [1.165, 1.54) is 57.5 Å². The summed E-state index contributed by atoms with van der Waals surface area (Å²) in [5, 5.41) is 24.8. The Balaban J connectivity index is 1.64. The van der Waals surface area contributed by atoms with Crippen LogP contribution in [0.25, 0.3) is 0 Å². The SMILES string of the molecule is O=[N+]([O-])c1ccc(NCCCCCCCN2CCCC2)c([N+](=O)[O-])c1. The second-order valence-electron chi connectivity index (χ2n) is 6.46. The Labute approximate surface area is 147 Å². The van der Waals surface area contributed by atoms with E-state index in [4.69, 9.17) is 0 Å². The number of likely N-dealkylation sites (tertiary alicyclic amines) is 1. The zero-order valence-corrected chi connectivity index (χ0v) is 14.5. The van der Waals surface area contributed by atoms with Crippen molar-refractivity contribution in [2.24, 2.45) is 0 Å². The maximum atomic E-state index is 11.1. The topological polar surface area (TPSA) is 102 Å². The zero-order valence-electron chi connectivity index (χ0n) is 14.5. The second kappa shape index (κ2) is 9.93. The number of benzene rings is 1. The van der Waals surface area contributed by atoms with Crippen LogP contribution in [0, 0.1) is 20.2 Å². The van der Waals surface area contributed by atoms with Crippen molar-refractivity contribution in [1.82, 2.24) is 4.90 Å². The predicted molar refractivity (Wildman–Crippen MR) is 97.0 cm³/mol. The van der Waals surface area contributed by atoms with Crippen molar-refractivity contribution in [1.29, 1.82) is 0 Å². The second-order valence-corrected chi connectivity index (χ2v) is 6.46. The molecule has 0 aliphatic carbocycles. The Hall–Kier alpha value is -2.22. The molecule has 1 heterocycles. The molecule has 0 amide bonds. The van der Waals surface area contributed by atoms with Gasteiger partial charge in [-0.3, -0.25) is 20.2 Å². The minimum atomic E-state index is -0.626. The fourth-order valence-electron chi connectivity index (χ4n) is 3.15. The highest BCUT2D eigenvalue weighted by molar-refractivity contribution is 5.65. The highest BCUT2D eigenvalue weighted by Crippen LogP contribution is 2.28. The number of non-ortho nitro benzene ring substituents is 1. The molecule has 0 spiro atoms. The molecule has 8 heteroatoms. The van der Waals surface area contributed by atoms with Crippen molar-refractivity contribution in [3.8, 4) is 0 Å². The first kappa shape index (κ1) is 19.1. The van der Waals surface area contributed by atoms with Crippen LogP contribution in [-0.2, 0) is 0 Å². The van der Waals surface area contributed by atoms with Gasteiger partial charge in [-0.2, -0.15) is 0 Å². The number of anilines is 1. The number of rotatable bonds is 11. The van der Waals surface area contributed by atoms with E-state index in [1.54, 1.807) is 0 Å².